The molecule has 0 aliphatic carbocycles. The van der Waals surface area contributed by atoms with Crippen molar-refractivity contribution in [3.05, 3.63) is 82.3 Å². The van der Waals surface area contributed by atoms with Gasteiger partial charge in [-0.3, -0.25) is 14.3 Å². The highest BCUT2D eigenvalue weighted by atomic mass is 35.5. The Morgan fingerprint density at radius 1 is 1.12 bits per heavy atom. The molecule has 3 heterocycles. The van der Waals surface area contributed by atoms with Crippen LogP contribution in [0.25, 0.3) is 16.7 Å². The van der Waals surface area contributed by atoms with Gasteiger partial charge in [0.25, 0.3) is 5.56 Å². The van der Waals surface area contributed by atoms with Gasteiger partial charge in [0, 0.05) is 17.4 Å². The predicted octanol–water partition coefficient (Wildman–Crippen LogP) is 2.68. The van der Waals surface area contributed by atoms with Gasteiger partial charge in [-0.05, 0) is 29.8 Å². The number of nitrogens with zero attached hydrogens (tertiary/aromatic N) is 5. The standard InChI is InChI=1S/C17H12ClN5O/c18-13-4-1-5-14(7-13)23-16-15(9-21-23)17(24)22(11-20-16)10-12-3-2-6-19-8-12/h1-9,11H,10H2. The molecule has 24 heavy (non-hydrogen) atoms. The molecule has 0 fully saturated rings. The first kappa shape index (κ1) is 14.6. The third-order valence-corrected chi connectivity index (χ3v) is 3.92. The molecule has 4 rings (SSSR count). The van der Waals surface area contributed by atoms with Crippen LogP contribution >= 0.6 is 11.6 Å². The van der Waals surface area contributed by atoms with Gasteiger partial charge < -0.3 is 0 Å². The van der Waals surface area contributed by atoms with E-state index >= 15 is 0 Å². The zero-order valence-electron chi connectivity index (χ0n) is 12.5. The number of hydrogen-bond acceptors (Lipinski definition) is 4. The average Bonchev–Trinajstić information content (AvgIpc) is 3.03. The van der Waals surface area contributed by atoms with E-state index in [0.29, 0.717) is 22.6 Å². The summed E-state index contributed by atoms with van der Waals surface area (Å²) in [6, 6.07) is 11.0. The fourth-order valence-corrected chi connectivity index (χ4v) is 2.73. The Morgan fingerprint density at radius 3 is 2.83 bits per heavy atom. The van der Waals surface area contributed by atoms with E-state index in [2.05, 4.69) is 15.1 Å². The van der Waals surface area contributed by atoms with Crippen LogP contribution in [-0.2, 0) is 6.54 Å². The number of halogens is 1. The average molecular weight is 338 g/mol. The second-order valence-corrected chi connectivity index (χ2v) is 5.75. The van der Waals surface area contributed by atoms with E-state index in [-0.39, 0.29) is 5.56 Å². The molecule has 0 radical (unpaired) electrons. The van der Waals surface area contributed by atoms with E-state index in [1.165, 1.54) is 12.5 Å². The lowest BCUT2D eigenvalue weighted by Gasteiger charge is -2.06. The van der Waals surface area contributed by atoms with Crippen molar-refractivity contribution >= 4 is 22.6 Å². The largest absolute Gasteiger partial charge is 0.294 e. The van der Waals surface area contributed by atoms with E-state index in [0.717, 1.165) is 11.3 Å². The van der Waals surface area contributed by atoms with Crippen LogP contribution in [0.3, 0.4) is 0 Å². The Labute approximate surface area is 142 Å². The molecular formula is C17H12ClN5O. The van der Waals surface area contributed by atoms with E-state index in [1.807, 2.05) is 24.3 Å². The summed E-state index contributed by atoms with van der Waals surface area (Å²) in [5, 5.41) is 5.34. The minimum absolute atomic E-state index is 0.142. The summed E-state index contributed by atoms with van der Waals surface area (Å²) in [6.45, 7) is 0.415. The van der Waals surface area contributed by atoms with Gasteiger partial charge >= 0.3 is 0 Å². The maximum atomic E-state index is 12.7. The van der Waals surface area contributed by atoms with Crippen LogP contribution < -0.4 is 5.56 Å². The minimum atomic E-state index is -0.142. The van der Waals surface area contributed by atoms with Gasteiger partial charge in [-0.25, -0.2) is 9.67 Å². The van der Waals surface area contributed by atoms with Crippen LogP contribution in [-0.4, -0.2) is 24.3 Å². The molecule has 0 unspecified atom stereocenters. The number of fused-ring (bicyclic) bond motifs is 1. The number of pyridine rings is 1. The van der Waals surface area contributed by atoms with E-state index < -0.39 is 0 Å². The Morgan fingerprint density at radius 2 is 2.04 bits per heavy atom. The van der Waals surface area contributed by atoms with Gasteiger partial charge in [0.15, 0.2) is 5.65 Å². The van der Waals surface area contributed by atoms with Crippen LogP contribution in [0.15, 0.2) is 66.1 Å². The molecule has 0 atom stereocenters. The molecule has 3 aromatic heterocycles. The molecule has 4 aromatic rings. The maximum Gasteiger partial charge on any atom is 0.264 e. The fourth-order valence-electron chi connectivity index (χ4n) is 2.55. The molecule has 0 saturated heterocycles. The molecule has 7 heteroatoms. The third kappa shape index (κ3) is 2.57. The van der Waals surface area contributed by atoms with E-state index in [1.54, 1.807) is 33.8 Å². The van der Waals surface area contributed by atoms with Crippen molar-refractivity contribution in [1.29, 1.82) is 0 Å². The van der Waals surface area contributed by atoms with Crippen LogP contribution in [0.2, 0.25) is 5.02 Å². The molecule has 0 bridgehead atoms. The molecule has 118 valence electrons. The number of benzene rings is 1. The molecule has 0 amide bonds. The quantitative estimate of drug-likeness (QED) is 0.576. The summed E-state index contributed by atoms with van der Waals surface area (Å²) in [4.78, 5) is 21.1. The zero-order valence-corrected chi connectivity index (χ0v) is 13.3. The van der Waals surface area contributed by atoms with Gasteiger partial charge in [0.2, 0.25) is 0 Å². The summed E-state index contributed by atoms with van der Waals surface area (Å²) in [7, 11) is 0. The fraction of sp³-hybridized carbons (Fsp3) is 0.0588. The zero-order chi connectivity index (χ0) is 16.5. The van der Waals surface area contributed by atoms with Gasteiger partial charge in [0.05, 0.1) is 18.4 Å². The summed E-state index contributed by atoms with van der Waals surface area (Å²) < 4.78 is 3.15. The van der Waals surface area contributed by atoms with Crippen LogP contribution in [0.4, 0.5) is 0 Å². The molecule has 0 spiro atoms. The second kappa shape index (κ2) is 5.90. The summed E-state index contributed by atoms with van der Waals surface area (Å²) in [5.74, 6) is 0. The van der Waals surface area contributed by atoms with E-state index in [9.17, 15) is 4.79 Å². The molecule has 6 nitrogen and oxygen atoms in total. The second-order valence-electron chi connectivity index (χ2n) is 5.31. The van der Waals surface area contributed by atoms with Crippen molar-refractivity contribution < 1.29 is 0 Å². The van der Waals surface area contributed by atoms with Crippen molar-refractivity contribution in [3.8, 4) is 5.69 Å². The normalized spacial score (nSPS) is 11.0. The molecule has 0 N–H and O–H groups in total. The van der Waals surface area contributed by atoms with Crippen LogP contribution in [0, 0.1) is 0 Å². The Balaban J connectivity index is 1.80. The van der Waals surface area contributed by atoms with Crippen LogP contribution in [0.1, 0.15) is 5.56 Å². The van der Waals surface area contributed by atoms with Crippen molar-refractivity contribution in [3.63, 3.8) is 0 Å². The van der Waals surface area contributed by atoms with Gasteiger partial charge in [-0.15, -0.1) is 0 Å². The van der Waals surface area contributed by atoms with E-state index in [4.69, 9.17) is 11.6 Å². The Kier molecular flexibility index (Phi) is 3.59. The van der Waals surface area contributed by atoms with Gasteiger partial charge in [0.1, 0.15) is 11.7 Å². The first-order valence-electron chi connectivity index (χ1n) is 7.30. The molecular weight excluding hydrogens is 326 g/mol. The number of aromatic nitrogens is 5. The third-order valence-electron chi connectivity index (χ3n) is 3.68. The van der Waals surface area contributed by atoms with Crippen molar-refractivity contribution in [2.75, 3.05) is 0 Å². The highest BCUT2D eigenvalue weighted by Crippen LogP contribution is 2.17. The summed E-state index contributed by atoms with van der Waals surface area (Å²) in [5.41, 5.74) is 2.05. The first-order chi connectivity index (χ1) is 11.7. The smallest absolute Gasteiger partial charge is 0.264 e. The lowest BCUT2D eigenvalue weighted by atomic mass is 10.3. The van der Waals surface area contributed by atoms with Crippen molar-refractivity contribution in [2.45, 2.75) is 6.54 Å². The predicted molar refractivity (Wildman–Crippen MR) is 91.5 cm³/mol. The maximum absolute atomic E-state index is 12.7. The lowest BCUT2D eigenvalue weighted by molar-refractivity contribution is 0.742. The first-order valence-corrected chi connectivity index (χ1v) is 7.68. The summed E-state index contributed by atoms with van der Waals surface area (Å²) >= 11 is 6.03. The SMILES string of the molecule is O=c1c2cnn(-c3cccc(Cl)c3)c2ncn1Cc1cccnc1. The molecule has 1 aromatic carbocycles. The summed E-state index contributed by atoms with van der Waals surface area (Å²) in [6.07, 6.45) is 6.49. The molecule has 0 aliphatic rings. The Hall–Kier alpha value is -2.99. The minimum Gasteiger partial charge on any atom is -0.294 e. The van der Waals surface area contributed by atoms with Crippen molar-refractivity contribution in [2.24, 2.45) is 0 Å². The van der Waals surface area contributed by atoms with Crippen LogP contribution in [0.5, 0.6) is 0 Å². The lowest BCUT2D eigenvalue weighted by Crippen LogP contribution is -2.21. The monoisotopic (exact) mass is 337 g/mol. The highest BCUT2D eigenvalue weighted by molar-refractivity contribution is 6.30. The molecule has 0 saturated carbocycles. The number of rotatable bonds is 3. The molecule has 0 aliphatic heterocycles. The number of hydrogen-bond donors (Lipinski definition) is 0. The van der Waals surface area contributed by atoms with Gasteiger partial charge in [-0.2, -0.15) is 5.10 Å². The Bertz CT molecular complexity index is 1070. The van der Waals surface area contributed by atoms with Crippen molar-refractivity contribution in [1.82, 2.24) is 24.3 Å². The highest BCUT2D eigenvalue weighted by Gasteiger charge is 2.12. The topological polar surface area (TPSA) is 65.6 Å². The van der Waals surface area contributed by atoms with Gasteiger partial charge in [-0.1, -0.05) is 23.7 Å².